The molecule has 7 nitrogen and oxygen atoms in total. The third-order valence-electron chi connectivity index (χ3n) is 1.43. The van der Waals surface area contributed by atoms with Crippen molar-refractivity contribution in [1.29, 1.82) is 0 Å². The van der Waals surface area contributed by atoms with Crippen LogP contribution in [0.4, 0.5) is 10.5 Å². The van der Waals surface area contributed by atoms with Crippen molar-refractivity contribution in [1.82, 2.24) is 5.43 Å². The Labute approximate surface area is 86.3 Å². The fourth-order valence-electron chi connectivity index (χ4n) is 0.919. The second-order valence-corrected chi connectivity index (χ2v) is 3.81. The molecule has 1 rings (SSSR count). The molecule has 0 bridgehead atoms. The van der Waals surface area contributed by atoms with Crippen LogP contribution in [0.1, 0.15) is 0 Å². The molecule has 0 aliphatic carbocycles. The van der Waals surface area contributed by atoms with Gasteiger partial charge in [-0.2, -0.15) is 12.8 Å². The van der Waals surface area contributed by atoms with E-state index in [1.165, 1.54) is 24.3 Å². The van der Waals surface area contributed by atoms with E-state index in [9.17, 15) is 13.2 Å². The Morgan fingerprint density at radius 1 is 1.33 bits per heavy atom. The number of primary amides is 1. The lowest BCUT2D eigenvalue weighted by molar-refractivity contribution is 0.249. The topological polar surface area (TPSA) is 113 Å². The van der Waals surface area contributed by atoms with Gasteiger partial charge in [0.2, 0.25) is 0 Å². The summed E-state index contributed by atoms with van der Waals surface area (Å²) in [4.78, 5) is 10.5. The average molecular weight is 231 g/mol. The van der Waals surface area contributed by atoms with E-state index in [-0.39, 0.29) is 10.1 Å². The minimum atomic E-state index is -4.59. The van der Waals surface area contributed by atoms with Crippen LogP contribution < -0.4 is 15.6 Å². The van der Waals surface area contributed by atoms with Gasteiger partial charge in [0, 0.05) is 0 Å². The summed E-state index contributed by atoms with van der Waals surface area (Å²) < 4.78 is 30.8. The summed E-state index contributed by atoms with van der Waals surface area (Å²) in [6.07, 6.45) is 0. The highest BCUT2D eigenvalue weighted by Crippen LogP contribution is 2.13. The zero-order valence-electron chi connectivity index (χ0n) is 7.49. The Morgan fingerprint density at radius 2 is 1.87 bits per heavy atom. The Hall–Kier alpha value is -1.80. The molecule has 0 aliphatic heterocycles. The SMILES string of the molecule is NC(=O)NN(c1ccccc1)S(=O)(=O)O. The molecule has 82 valence electrons. The number of para-hydroxylation sites is 1. The number of carbonyl (C=O) groups excluding carboxylic acids is 1. The highest BCUT2D eigenvalue weighted by Gasteiger charge is 2.20. The van der Waals surface area contributed by atoms with Gasteiger partial charge in [0.15, 0.2) is 0 Å². The van der Waals surface area contributed by atoms with Gasteiger partial charge in [-0.15, -0.1) is 0 Å². The van der Waals surface area contributed by atoms with Crippen LogP contribution in [0, 0.1) is 0 Å². The summed E-state index contributed by atoms with van der Waals surface area (Å²) in [6.45, 7) is 0. The second kappa shape index (κ2) is 4.15. The van der Waals surface area contributed by atoms with Gasteiger partial charge in [-0.25, -0.2) is 10.2 Å². The van der Waals surface area contributed by atoms with Crippen LogP contribution in [0.25, 0.3) is 0 Å². The van der Waals surface area contributed by atoms with Gasteiger partial charge >= 0.3 is 16.3 Å². The van der Waals surface area contributed by atoms with Crippen molar-refractivity contribution in [2.45, 2.75) is 0 Å². The van der Waals surface area contributed by atoms with Crippen molar-refractivity contribution in [2.24, 2.45) is 5.73 Å². The summed E-state index contributed by atoms with van der Waals surface area (Å²) >= 11 is 0. The van der Waals surface area contributed by atoms with Crippen molar-refractivity contribution in [3.8, 4) is 0 Å². The Kier molecular flexibility index (Phi) is 3.12. The molecule has 0 heterocycles. The first-order chi connectivity index (χ1) is 6.91. The second-order valence-electron chi connectivity index (χ2n) is 2.55. The third kappa shape index (κ3) is 3.11. The summed E-state index contributed by atoms with van der Waals surface area (Å²) in [6, 6.07) is 6.38. The first kappa shape index (κ1) is 11.3. The molecule has 0 atom stereocenters. The van der Waals surface area contributed by atoms with E-state index in [0.29, 0.717) is 0 Å². The van der Waals surface area contributed by atoms with Crippen molar-refractivity contribution in [3.05, 3.63) is 30.3 Å². The molecule has 8 heteroatoms. The van der Waals surface area contributed by atoms with Crippen molar-refractivity contribution >= 4 is 22.0 Å². The van der Waals surface area contributed by atoms with Gasteiger partial charge in [-0.05, 0) is 12.1 Å². The van der Waals surface area contributed by atoms with Crippen LogP contribution in [-0.4, -0.2) is 19.0 Å². The molecule has 0 unspecified atom stereocenters. The maximum Gasteiger partial charge on any atom is 0.377 e. The van der Waals surface area contributed by atoms with E-state index < -0.39 is 16.3 Å². The first-order valence-electron chi connectivity index (χ1n) is 3.80. The highest BCUT2D eigenvalue weighted by molar-refractivity contribution is 7.87. The van der Waals surface area contributed by atoms with Gasteiger partial charge < -0.3 is 5.73 Å². The normalized spacial score (nSPS) is 10.7. The summed E-state index contributed by atoms with van der Waals surface area (Å²) in [5.74, 6) is 0. The minimum absolute atomic E-state index is 0.0683. The number of urea groups is 1. The first-order valence-corrected chi connectivity index (χ1v) is 5.20. The number of nitrogens with two attached hydrogens (primary N) is 1. The van der Waals surface area contributed by atoms with Gasteiger partial charge in [-0.1, -0.05) is 18.2 Å². The number of hydrazine groups is 1. The third-order valence-corrected chi connectivity index (χ3v) is 2.20. The van der Waals surface area contributed by atoms with E-state index >= 15 is 0 Å². The monoisotopic (exact) mass is 231 g/mol. The van der Waals surface area contributed by atoms with E-state index in [0.717, 1.165) is 0 Å². The zero-order chi connectivity index (χ0) is 11.5. The van der Waals surface area contributed by atoms with Crippen LogP contribution in [0.5, 0.6) is 0 Å². The smallest absolute Gasteiger partial charge is 0.350 e. The molecular weight excluding hydrogens is 222 g/mol. The average Bonchev–Trinajstić information content (AvgIpc) is 2.14. The lowest BCUT2D eigenvalue weighted by Crippen LogP contribution is -2.48. The van der Waals surface area contributed by atoms with Crippen molar-refractivity contribution in [3.63, 3.8) is 0 Å². The number of carbonyl (C=O) groups is 1. The molecule has 1 aromatic carbocycles. The van der Waals surface area contributed by atoms with Gasteiger partial charge in [-0.3, -0.25) is 4.55 Å². The summed E-state index contributed by atoms with van der Waals surface area (Å²) in [5.41, 5.74) is 6.60. The Morgan fingerprint density at radius 3 is 2.27 bits per heavy atom. The molecule has 0 fully saturated rings. The van der Waals surface area contributed by atoms with Gasteiger partial charge in [0.25, 0.3) is 0 Å². The van der Waals surface area contributed by atoms with E-state index in [1.807, 2.05) is 0 Å². The Balaban J connectivity index is 3.08. The lowest BCUT2D eigenvalue weighted by Gasteiger charge is -2.19. The molecule has 0 spiro atoms. The number of anilines is 1. The largest absolute Gasteiger partial charge is 0.377 e. The fraction of sp³-hybridized carbons (Fsp3) is 0. The number of rotatable bonds is 3. The maximum absolute atomic E-state index is 10.9. The molecule has 0 saturated carbocycles. The predicted molar refractivity (Wildman–Crippen MR) is 53.2 cm³/mol. The van der Waals surface area contributed by atoms with Crippen molar-refractivity contribution < 1.29 is 17.8 Å². The van der Waals surface area contributed by atoms with E-state index in [2.05, 4.69) is 0 Å². The maximum atomic E-state index is 10.9. The van der Waals surface area contributed by atoms with Crippen LogP contribution in [0.2, 0.25) is 0 Å². The van der Waals surface area contributed by atoms with E-state index in [4.69, 9.17) is 10.3 Å². The molecule has 15 heavy (non-hydrogen) atoms. The molecule has 0 aliphatic rings. The molecule has 0 aromatic heterocycles. The van der Waals surface area contributed by atoms with Gasteiger partial charge in [0.05, 0.1) is 5.69 Å². The molecule has 0 radical (unpaired) electrons. The van der Waals surface area contributed by atoms with Crippen molar-refractivity contribution in [2.75, 3.05) is 4.41 Å². The number of hydrogen-bond acceptors (Lipinski definition) is 3. The number of hydrogen-bond donors (Lipinski definition) is 3. The van der Waals surface area contributed by atoms with Crippen LogP contribution >= 0.6 is 0 Å². The minimum Gasteiger partial charge on any atom is -0.350 e. The number of nitrogens with zero attached hydrogens (tertiary/aromatic N) is 1. The van der Waals surface area contributed by atoms with Crippen LogP contribution in [0.3, 0.4) is 0 Å². The molecule has 1 aromatic rings. The summed E-state index contributed by atoms with van der Waals surface area (Å²) in [7, 11) is -4.59. The lowest BCUT2D eigenvalue weighted by atomic mass is 10.3. The molecule has 4 N–H and O–H groups in total. The van der Waals surface area contributed by atoms with Crippen LogP contribution in [-0.2, 0) is 10.3 Å². The quantitative estimate of drug-likeness (QED) is 0.497. The number of amides is 2. The zero-order valence-corrected chi connectivity index (χ0v) is 8.31. The Bertz CT molecular complexity index is 445. The molecule has 2 amide bonds. The fourth-order valence-corrected chi connectivity index (χ4v) is 1.51. The highest BCUT2D eigenvalue weighted by atomic mass is 32.2. The van der Waals surface area contributed by atoms with Crippen LogP contribution in [0.15, 0.2) is 30.3 Å². The molecular formula is C7H9N3O4S. The predicted octanol–water partition coefficient (Wildman–Crippen LogP) is -0.121. The van der Waals surface area contributed by atoms with Gasteiger partial charge in [0.1, 0.15) is 0 Å². The molecule has 0 saturated heterocycles. The number of benzene rings is 1. The standard InChI is InChI=1S/C7H9N3O4S/c8-7(11)9-10(15(12,13)14)6-4-2-1-3-5-6/h1-5H,(H3,8,9,11)(H,12,13,14). The van der Waals surface area contributed by atoms with E-state index in [1.54, 1.807) is 11.5 Å². The summed E-state index contributed by atoms with van der Waals surface area (Å²) in [5, 5.41) is 0. The number of nitrogens with one attached hydrogen (secondary N) is 1.